The highest BCUT2D eigenvalue weighted by atomic mass is 32.2. The van der Waals surface area contributed by atoms with Crippen molar-refractivity contribution in [1.29, 1.82) is 0 Å². The number of amides is 1. The van der Waals surface area contributed by atoms with Crippen LogP contribution in [0.1, 0.15) is 40.1 Å². The second-order valence-electron chi connectivity index (χ2n) is 8.69. The predicted molar refractivity (Wildman–Crippen MR) is 128 cm³/mol. The number of rotatable bonds is 4. The maximum atomic E-state index is 13.0. The van der Waals surface area contributed by atoms with Crippen molar-refractivity contribution in [3.63, 3.8) is 0 Å². The van der Waals surface area contributed by atoms with Crippen LogP contribution in [0.4, 0.5) is 5.69 Å². The molecule has 1 saturated heterocycles. The van der Waals surface area contributed by atoms with Gasteiger partial charge in [-0.2, -0.15) is 4.31 Å². The molecule has 1 amide bonds. The van der Waals surface area contributed by atoms with Gasteiger partial charge in [-0.1, -0.05) is 30.3 Å². The van der Waals surface area contributed by atoms with Crippen molar-refractivity contribution in [2.24, 2.45) is 0 Å². The third-order valence-electron chi connectivity index (χ3n) is 6.12. The summed E-state index contributed by atoms with van der Waals surface area (Å²) in [5.74, 6) is -0.473. The summed E-state index contributed by atoms with van der Waals surface area (Å²) < 4.78 is 33.1. The van der Waals surface area contributed by atoms with Gasteiger partial charge in [-0.15, -0.1) is 0 Å². The minimum atomic E-state index is -3.66. The predicted octanol–water partition coefficient (Wildman–Crippen LogP) is 3.95. The maximum Gasteiger partial charge on any atom is 0.255 e. The van der Waals surface area contributed by atoms with Crippen LogP contribution in [-0.4, -0.2) is 49.7 Å². The standard InChI is InChI=1S/C26H24N2O5S/c1-16-14-28(15-17(2)33-16)34(31,32)20-10-8-19(9-11-20)27-26(30)18-7-12-22-21-5-3-4-6-23(21)25(29)24(22)13-18/h3-13,16-17H,14-15H2,1-2H3,(H,27,30). The van der Waals surface area contributed by atoms with Gasteiger partial charge < -0.3 is 10.1 Å². The highest BCUT2D eigenvalue weighted by molar-refractivity contribution is 7.89. The zero-order valence-corrected chi connectivity index (χ0v) is 19.6. The van der Waals surface area contributed by atoms with Gasteiger partial charge in [-0.25, -0.2) is 8.42 Å². The highest BCUT2D eigenvalue weighted by Crippen LogP contribution is 2.36. The molecular weight excluding hydrogens is 452 g/mol. The van der Waals surface area contributed by atoms with Crippen LogP contribution < -0.4 is 5.32 Å². The number of nitrogens with one attached hydrogen (secondary N) is 1. The Morgan fingerprint density at radius 2 is 1.50 bits per heavy atom. The van der Waals surface area contributed by atoms with E-state index >= 15 is 0 Å². The van der Waals surface area contributed by atoms with Gasteiger partial charge in [0.2, 0.25) is 10.0 Å². The van der Waals surface area contributed by atoms with E-state index in [1.165, 1.54) is 16.4 Å². The molecule has 2 atom stereocenters. The fourth-order valence-corrected chi connectivity index (χ4v) is 6.15. The van der Waals surface area contributed by atoms with Gasteiger partial charge in [0.15, 0.2) is 5.78 Å². The van der Waals surface area contributed by atoms with Crippen LogP contribution in [-0.2, 0) is 14.8 Å². The molecule has 1 fully saturated rings. The Morgan fingerprint density at radius 1 is 0.882 bits per heavy atom. The molecule has 34 heavy (non-hydrogen) atoms. The molecule has 174 valence electrons. The van der Waals surface area contributed by atoms with Crippen molar-refractivity contribution in [2.45, 2.75) is 31.0 Å². The van der Waals surface area contributed by atoms with Gasteiger partial charge in [0.05, 0.1) is 17.1 Å². The van der Waals surface area contributed by atoms with Crippen molar-refractivity contribution in [3.05, 3.63) is 83.4 Å². The fraction of sp³-hybridized carbons (Fsp3) is 0.231. The van der Waals surface area contributed by atoms with Crippen molar-refractivity contribution >= 4 is 27.4 Å². The molecule has 0 saturated carbocycles. The third kappa shape index (κ3) is 3.94. The van der Waals surface area contributed by atoms with Crippen LogP contribution in [0.15, 0.2) is 71.6 Å². The first-order valence-corrected chi connectivity index (χ1v) is 12.5. The van der Waals surface area contributed by atoms with E-state index in [1.807, 2.05) is 32.0 Å². The molecular formula is C26H24N2O5S. The van der Waals surface area contributed by atoms with Crippen molar-refractivity contribution in [1.82, 2.24) is 4.31 Å². The number of fused-ring (bicyclic) bond motifs is 3. The molecule has 1 heterocycles. The Labute approximate surface area is 198 Å². The lowest BCUT2D eigenvalue weighted by Crippen LogP contribution is -2.48. The maximum absolute atomic E-state index is 13.0. The molecule has 3 aromatic carbocycles. The van der Waals surface area contributed by atoms with Crippen molar-refractivity contribution < 1.29 is 22.7 Å². The number of ether oxygens (including phenoxy) is 1. The Morgan fingerprint density at radius 3 is 2.18 bits per heavy atom. The fourth-order valence-electron chi connectivity index (χ4n) is 4.56. The number of ketones is 1. The van der Waals surface area contributed by atoms with E-state index in [4.69, 9.17) is 4.74 Å². The number of nitrogens with zero attached hydrogens (tertiary/aromatic N) is 1. The molecule has 3 aromatic rings. The van der Waals surface area contributed by atoms with E-state index in [1.54, 1.807) is 36.4 Å². The van der Waals surface area contributed by atoms with E-state index in [-0.39, 0.29) is 28.8 Å². The Bertz CT molecular complexity index is 1390. The summed E-state index contributed by atoms with van der Waals surface area (Å²) in [6.07, 6.45) is -0.354. The molecule has 0 aromatic heterocycles. The van der Waals surface area contributed by atoms with Gasteiger partial charge in [-0.3, -0.25) is 9.59 Å². The molecule has 0 spiro atoms. The second kappa shape index (κ2) is 8.47. The monoisotopic (exact) mass is 476 g/mol. The smallest absolute Gasteiger partial charge is 0.255 e. The summed E-state index contributed by atoms with van der Waals surface area (Å²) in [6.45, 7) is 4.29. The minimum absolute atomic E-state index is 0.0958. The summed E-state index contributed by atoms with van der Waals surface area (Å²) in [4.78, 5) is 25.7. The number of carbonyl (C=O) groups excluding carboxylic acids is 2. The lowest BCUT2D eigenvalue weighted by atomic mass is 10.0. The first kappa shape index (κ1) is 22.5. The number of hydrogen-bond acceptors (Lipinski definition) is 5. The molecule has 1 N–H and O–H groups in total. The number of benzene rings is 3. The van der Waals surface area contributed by atoms with E-state index in [0.717, 1.165) is 11.1 Å². The lowest BCUT2D eigenvalue weighted by Gasteiger charge is -2.34. The molecule has 5 rings (SSSR count). The molecule has 0 radical (unpaired) electrons. The van der Waals surface area contributed by atoms with Crippen LogP contribution in [0.5, 0.6) is 0 Å². The Hall–Kier alpha value is -3.33. The zero-order chi connectivity index (χ0) is 24.0. The first-order chi connectivity index (χ1) is 16.2. The van der Waals surface area contributed by atoms with Gasteiger partial charge in [0, 0.05) is 35.5 Å². The summed E-state index contributed by atoms with van der Waals surface area (Å²) in [5.41, 5.74) is 3.64. The van der Waals surface area contributed by atoms with Crippen LogP contribution >= 0.6 is 0 Å². The van der Waals surface area contributed by atoms with Gasteiger partial charge in [-0.05, 0) is 61.4 Å². The molecule has 0 bridgehead atoms. The molecule has 2 aliphatic rings. The SMILES string of the molecule is CC1CN(S(=O)(=O)c2ccc(NC(=O)c3ccc4c(c3)C(=O)c3ccccc3-4)cc2)CC(C)O1. The number of carbonyl (C=O) groups is 2. The molecule has 8 heteroatoms. The number of sulfonamides is 1. The first-order valence-electron chi connectivity index (χ1n) is 11.1. The average Bonchev–Trinajstić information content (AvgIpc) is 3.10. The van der Waals surface area contributed by atoms with Crippen LogP contribution in [0.2, 0.25) is 0 Å². The molecule has 1 aliphatic heterocycles. The van der Waals surface area contributed by atoms with Gasteiger partial charge in [0.1, 0.15) is 0 Å². The van der Waals surface area contributed by atoms with Crippen molar-refractivity contribution in [3.8, 4) is 11.1 Å². The van der Waals surface area contributed by atoms with Crippen LogP contribution in [0, 0.1) is 0 Å². The molecule has 7 nitrogen and oxygen atoms in total. The summed E-state index contributed by atoms with van der Waals surface area (Å²) in [5, 5.41) is 2.78. The normalized spacial score (nSPS) is 20.0. The third-order valence-corrected chi connectivity index (χ3v) is 7.97. The van der Waals surface area contributed by atoms with Gasteiger partial charge in [0.25, 0.3) is 5.91 Å². The number of hydrogen-bond donors (Lipinski definition) is 1. The molecule has 1 aliphatic carbocycles. The summed E-state index contributed by atoms with van der Waals surface area (Å²) >= 11 is 0. The van der Waals surface area contributed by atoms with E-state index in [0.29, 0.717) is 35.5 Å². The summed E-state index contributed by atoms with van der Waals surface area (Å²) in [6, 6.07) is 18.5. The number of morpholine rings is 1. The quantitative estimate of drug-likeness (QED) is 0.482. The van der Waals surface area contributed by atoms with Crippen molar-refractivity contribution in [2.75, 3.05) is 18.4 Å². The van der Waals surface area contributed by atoms with Crippen LogP contribution in [0.25, 0.3) is 11.1 Å². The largest absolute Gasteiger partial charge is 0.373 e. The molecule has 2 unspecified atom stereocenters. The lowest BCUT2D eigenvalue weighted by molar-refractivity contribution is -0.0440. The Balaban J connectivity index is 1.32. The van der Waals surface area contributed by atoms with E-state index in [2.05, 4.69) is 5.32 Å². The Kier molecular flexibility index (Phi) is 5.59. The average molecular weight is 477 g/mol. The topological polar surface area (TPSA) is 92.8 Å². The highest BCUT2D eigenvalue weighted by Gasteiger charge is 2.32. The summed E-state index contributed by atoms with van der Waals surface area (Å²) in [7, 11) is -3.66. The second-order valence-corrected chi connectivity index (χ2v) is 10.6. The van der Waals surface area contributed by atoms with E-state index in [9.17, 15) is 18.0 Å². The van der Waals surface area contributed by atoms with Crippen LogP contribution in [0.3, 0.4) is 0 Å². The van der Waals surface area contributed by atoms with E-state index < -0.39 is 10.0 Å². The van der Waals surface area contributed by atoms with Gasteiger partial charge >= 0.3 is 0 Å². The zero-order valence-electron chi connectivity index (χ0n) is 18.8. The number of anilines is 1. The minimum Gasteiger partial charge on any atom is -0.373 e.